The number of amides is 5. The van der Waals surface area contributed by atoms with Crippen LogP contribution in [0.3, 0.4) is 0 Å². The zero-order valence-electron chi connectivity index (χ0n) is 18.6. The van der Waals surface area contributed by atoms with E-state index in [1.54, 1.807) is 0 Å². The van der Waals surface area contributed by atoms with E-state index in [4.69, 9.17) is 0 Å². The zero-order chi connectivity index (χ0) is 23.4. The van der Waals surface area contributed by atoms with Gasteiger partial charge in [-0.25, -0.2) is 4.79 Å². The molecule has 0 aliphatic carbocycles. The van der Waals surface area contributed by atoms with Gasteiger partial charge in [0, 0.05) is 26.1 Å². The van der Waals surface area contributed by atoms with Gasteiger partial charge >= 0.3 is 6.03 Å². The highest BCUT2D eigenvalue weighted by atomic mass is 16.2. The lowest BCUT2D eigenvalue weighted by molar-refractivity contribution is -0.144. The Morgan fingerprint density at radius 1 is 1.03 bits per heavy atom. The zero-order valence-corrected chi connectivity index (χ0v) is 18.6. The SMILES string of the molecule is CCCN1C(=O)N[C@H](CC(=O)N2CCNC(=O)[C@@H]2Cc2cccc(-c3ccccc3)c2)C1=O. The fourth-order valence-corrected chi connectivity index (χ4v) is 4.39. The topological polar surface area (TPSA) is 98.8 Å². The van der Waals surface area contributed by atoms with Crippen LogP contribution in [0.15, 0.2) is 54.6 Å². The van der Waals surface area contributed by atoms with Crippen LogP contribution in [-0.4, -0.2) is 65.3 Å². The van der Waals surface area contributed by atoms with Crippen molar-refractivity contribution < 1.29 is 19.2 Å². The first-order valence-corrected chi connectivity index (χ1v) is 11.3. The van der Waals surface area contributed by atoms with Crippen LogP contribution >= 0.6 is 0 Å². The van der Waals surface area contributed by atoms with Gasteiger partial charge in [-0.05, 0) is 23.1 Å². The monoisotopic (exact) mass is 448 g/mol. The van der Waals surface area contributed by atoms with E-state index < -0.39 is 18.1 Å². The summed E-state index contributed by atoms with van der Waals surface area (Å²) in [6.07, 6.45) is 0.861. The summed E-state index contributed by atoms with van der Waals surface area (Å²) in [7, 11) is 0. The second kappa shape index (κ2) is 9.85. The highest BCUT2D eigenvalue weighted by Gasteiger charge is 2.41. The predicted molar refractivity (Wildman–Crippen MR) is 123 cm³/mol. The Morgan fingerprint density at radius 3 is 2.55 bits per heavy atom. The quantitative estimate of drug-likeness (QED) is 0.633. The highest BCUT2D eigenvalue weighted by Crippen LogP contribution is 2.22. The van der Waals surface area contributed by atoms with Crippen LogP contribution in [0.4, 0.5) is 4.79 Å². The van der Waals surface area contributed by atoms with Crippen molar-refractivity contribution in [1.29, 1.82) is 0 Å². The predicted octanol–water partition coefficient (Wildman–Crippen LogP) is 1.94. The van der Waals surface area contributed by atoms with Crippen LogP contribution in [0.5, 0.6) is 0 Å². The van der Waals surface area contributed by atoms with Gasteiger partial charge in [-0.15, -0.1) is 0 Å². The molecule has 2 atom stereocenters. The third kappa shape index (κ3) is 4.89. The van der Waals surface area contributed by atoms with Crippen molar-refractivity contribution in [3.8, 4) is 11.1 Å². The molecule has 0 spiro atoms. The van der Waals surface area contributed by atoms with Crippen molar-refractivity contribution in [3.63, 3.8) is 0 Å². The summed E-state index contributed by atoms with van der Waals surface area (Å²) in [5.41, 5.74) is 3.06. The summed E-state index contributed by atoms with van der Waals surface area (Å²) in [6, 6.07) is 15.9. The minimum Gasteiger partial charge on any atom is -0.353 e. The van der Waals surface area contributed by atoms with E-state index in [9.17, 15) is 19.2 Å². The summed E-state index contributed by atoms with van der Waals surface area (Å²) in [6.45, 7) is 2.92. The minimum absolute atomic E-state index is 0.154. The molecule has 2 heterocycles. The summed E-state index contributed by atoms with van der Waals surface area (Å²) in [5.74, 6) is -0.913. The van der Waals surface area contributed by atoms with E-state index in [0.29, 0.717) is 32.5 Å². The van der Waals surface area contributed by atoms with Crippen molar-refractivity contribution in [3.05, 3.63) is 60.2 Å². The average molecular weight is 449 g/mol. The van der Waals surface area contributed by atoms with Gasteiger partial charge in [0.05, 0.1) is 6.42 Å². The van der Waals surface area contributed by atoms with Gasteiger partial charge in [0.25, 0.3) is 5.91 Å². The molecule has 0 bridgehead atoms. The number of rotatable bonds is 7. The van der Waals surface area contributed by atoms with Gasteiger partial charge < -0.3 is 15.5 Å². The molecule has 2 aliphatic rings. The molecule has 8 nitrogen and oxygen atoms in total. The molecule has 4 rings (SSSR count). The molecule has 2 fully saturated rings. The molecule has 2 saturated heterocycles. The van der Waals surface area contributed by atoms with E-state index in [1.165, 1.54) is 4.90 Å². The van der Waals surface area contributed by atoms with Crippen LogP contribution in [0.1, 0.15) is 25.3 Å². The number of carbonyl (C=O) groups is 4. The average Bonchev–Trinajstić information content (AvgIpc) is 3.08. The molecule has 2 aliphatic heterocycles. The van der Waals surface area contributed by atoms with Gasteiger partial charge in [-0.3, -0.25) is 19.3 Å². The molecular formula is C25H28N4O4. The van der Waals surface area contributed by atoms with Crippen molar-refractivity contribution >= 4 is 23.8 Å². The molecule has 172 valence electrons. The molecule has 8 heteroatoms. The first-order valence-electron chi connectivity index (χ1n) is 11.3. The summed E-state index contributed by atoms with van der Waals surface area (Å²) >= 11 is 0. The largest absolute Gasteiger partial charge is 0.353 e. The van der Waals surface area contributed by atoms with Crippen LogP contribution < -0.4 is 10.6 Å². The van der Waals surface area contributed by atoms with Crippen LogP contribution in [0.2, 0.25) is 0 Å². The molecule has 2 N–H and O–H groups in total. The van der Waals surface area contributed by atoms with Gasteiger partial charge in [-0.1, -0.05) is 61.5 Å². The van der Waals surface area contributed by atoms with Crippen LogP contribution in [0.25, 0.3) is 11.1 Å². The van der Waals surface area contributed by atoms with E-state index in [1.807, 2.05) is 61.5 Å². The molecular weight excluding hydrogens is 420 g/mol. The van der Waals surface area contributed by atoms with Crippen LogP contribution in [0, 0.1) is 0 Å². The van der Waals surface area contributed by atoms with Gasteiger partial charge in [0.1, 0.15) is 12.1 Å². The number of piperazine rings is 1. The third-order valence-corrected chi connectivity index (χ3v) is 6.05. The summed E-state index contributed by atoms with van der Waals surface area (Å²) in [5, 5.41) is 5.44. The molecule has 0 aromatic heterocycles. The fraction of sp³-hybridized carbons (Fsp3) is 0.360. The molecule has 0 saturated carbocycles. The Labute approximate surface area is 192 Å². The lowest BCUT2D eigenvalue weighted by Gasteiger charge is -2.35. The normalized spacial score (nSPS) is 20.6. The Morgan fingerprint density at radius 2 is 1.79 bits per heavy atom. The molecule has 0 radical (unpaired) electrons. The fourth-order valence-electron chi connectivity index (χ4n) is 4.39. The lowest BCUT2D eigenvalue weighted by atomic mass is 9.97. The van der Waals surface area contributed by atoms with Crippen molar-refractivity contribution in [1.82, 2.24) is 20.4 Å². The van der Waals surface area contributed by atoms with E-state index >= 15 is 0 Å². The van der Waals surface area contributed by atoms with E-state index in [2.05, 4.69) is 10.6 Å². The molecule has 33 heavy (non-hydrogen) atoms. The van der Waals surface area contributed by atoms with Crippen molar-refractivity contribution in [2.75, 3.05) is 19.6 Å². The van der Waals surface area contributed by atoms with E-state index in [-0.39, 0.29) is 24.1 Å². The minimum atomic E-state index is -0.886. The first kappa shape index (κ1) is 22.5. The van der Waals surface area contributed by atoms with Crippen LogP contribution in [-0.2, 0) is 20.8 Å². The Hall–Kier alpha value is -3.68. The number of carbonyl (C=O) groups excluding carboxylic acids is 4. The molecule has 5 amide bonds. The second-order valence-corrected chi connectivity index (χ2v) is 8.36. The maximum Gasteiger partial charge on any atom is 0.324 e. The first-order chi connectivity index (χ1) is 16.0. The van der Waals surface area contributed by atoms with Crippen molar-refractivity contribution in [2.24, 2.45) is 0 Å². The van der Waals surface area contributed by atoms with Gasteiger partial charge in [-0.2, -0.15) is 0 Å². The van der Waals surface area contributed by atoms with Crippen molar-refractivity contribution in [2.45, 2.75) is 38.3 Å². The van der Waals surface area contributed by atoms with Gasteiger partial charge in [0.15, 0.2) is 0 Å². The number of nitrogens with one attached hydrogen (secondary N) is 2. The highest BCUT2D eigenvalue weighted by molar-refractivity contribution is 6.06. The van der Waals surface area contributed by atoms with Gasteiger partial charge in [0.2, 0.25) is 11.8 Å². The standard InChI is InChI=1S/C25H28N4O4/c1-2-12-29-24(32)20(27-25(29)33)16-22(30)28-13-11-26-23(31)21(28)15-17-7-6-10-19(14-17)18-8-4-3-5-9-18/h3-10,14,20-21H,2,11-13,15-16H2,1H3,(H,26,31)(H,27,33)/t20-,21+/m1/s1. The molecule has 2 aromatic rings. The smallest absolute Gasteiger partial charge is 0.324 e. The Kier molecular flexibility index (Phi) is 6.72. The number of imide groups is 1. The molecule has 2 aromatic carbocycles. The number of nitrogens with zero attached hydrogens (tertiary/aromatic N) is 2. The Bertz CT molecular complexity index is 1060. The maximum absolute atomic E-state index is 13.1. The summed E-state index contributed by atoms with van der Waals surface area (Å²) < 4.78 is 0. The third-order valence-electron chi connectivity index (χ3n) is 6.05. The lowest BCUT2D eigenvalue weighted by Crippen LogP contribution is -2.58. The number of hydrogen-bond acceptors (Lipinski definition) is 4. The number of hydrogen-bond donors (Lipinski definition) is 2. The van der Waals surface area contributed by atoms with E-state index in [0.717, 1.165) is 21.6 Å². The second-order valence-electron chi connectivity index (χ2n) is 8.36. The number of urea groups is 1. The summed E-state index contributed by atoms with van der Waals surface area (Å²) in [4.78, 5) is 53.1. The maximum atomic E-state index is 13.1. The number of benzene rings is 2. The molecule has 0 unspecified atom stereocenters. The Balaban J connectivity index is 1.48.